The highest BCUT2D eigenvalue weighted by atomic mass is 16.5. The third-order valence-corrected chi connectivity index (χ3v) is 10.8. The van der Waals surface area contributed by atoms with Gasteiger partial charge in [0.2, 0.25) is 0 Å². The number of unbranched alkanes of at least 4 members (excludes halogenated alkanes) is 4. The molecule has 0 unspecified atom stereocenters. The molecule has 6 aromatic heterocycles. The van der Waals surface area contributed by atoms with Gasteiger partial charge in [-0.15, -0.1) is 10.2 Å². The van der Waals surface area contributed by atoms with Crippen LogP contribution in [0.5, 0.6) is 0 Å². The second kappa shape index (κ2) is 20.3. The molecule has 2 saturated heterocycles. The number of anilines is 2. The van der Waals surface area contributed by atoms with E-state index in [0.717, 1.165) is 49.9 Å². The number of hydrogen-bond donors (Lipinski definition) is 6. The summed E-state index contributed by atoms with van der Waals surface area (Å²) in [5, 5.41) is 66.7. The summed E-state index contributed by atoms with van der Waals surface area (Å²) < 4.78 is 24.0. The first-order chi connectivity index (χ1) is 30.8. The lowest BCUT2D eigenvalue weighted by Gasteiger charge is -2.12. The number of aryl methyl sites for hydroxylation is 2. The van der Waals surface area contributed by atoms with Crippen LogP contribution in [0, 0.1) is 23.7 Å². The van der Waals surface area contributed by atoms with Crippen molar-refractivity contribution >= 4 is 33.7 Å². The molecular weight excluding hydrogens is 817 g/mol. The molecule has 8 N–H and O–H groups in total. The molecule has 8 heterocycles. The summed E-state index contributed by atoms with van der Waals surface area (Å²) in [5.41, 5.74) is 15.9. The fourth-order valence-corrected chi connectivity index (χ4v) is 7.50. The van der Waals surface area contributed by atoms with Crippen molar-refractivity contribution in [3.8, 4) is 23.7 Å². The molecule has 0 bridgehead atoms. The van der Waals surface area contributed by atoms with Crippen LogP contribution in [0.15, 0.2) is 25.0 Å². The average Bonchev–Trinajstić information content (AvgIpc) is 4.15. The molecule has 0 amide bonds. The van der Waals surface area contributed by atoms with Crippen molar-refractivity contribution in [3.05, 3.63) is 47.8 Å². The van der Waals surface area contributed by atoms with Gasteiger partial charge in [-0.1, -0.05) is 22.3 Å². The van der Waals surface area contributed by atoms with Crippen molar-refractivity contribution in [1.82, 2.24) is 69.5 Å². The van der Waals surface area contributed by atoms with Gasteiger partial charge in [-0.25, -0.2) is 38.7 Å². The lowest BCUT2D eigenvalue weighted by atomic mass is 10.1. The summed E-state index contributed by atoms with van der Waals surface area (Å²) in [6, 6.07) is 0. The average molecular weight is 867 g/mol. The highest BCUT2D eigenvalue weighted by Crippen LogP contribution is 2.33. The van der Waals surface area contributed by atoms with Crippen molar-refractivity contribution in [2.24, 2.45) is 0 Å². The monoisotopic (exact) mass is 866 g/mol. The Morgan fingerprint density at radius 1 is 0.667 bits per heavy atom. The Morgan fingerprint density at radius 3 is 1.56 bits per heavy atom. The molecule has 2 fully saturated rings. The van der Waals surface area contributed by atoms with Crippen LogP contribution in [0.4, 0.5) is 11.6 Å². The van der Waals surface area contributed by atoms with Crippen molar-refractivity contribution in [3.63, 3.8) is 0 Å². The SMILES string of the molecule is Nc1ncnc2c1c(C#CCCCCc1cn(CCOCCn3cc(CCCCC#Cc4nn([C@H]5C[C@H](O)[C@@H](CO)O5)c5ncnc(N)c45)nn3)nn1)nn2[C@H]1C[C@H](O)[C@@H](CO)O1. The molecule has 0 saturated carbocycles. The van der Waals surface area contributed by atoms with Crippen LogP contribution in [-0.2, 0) is 40.1 Å². The Balaban J connectivity index is 0.705. The number of rotatable bonds is 18. The predicted octanol–water partition coefficient (Wildman–Crippen LogP) is -0.159. The number of fused-ring (bicyclic) bond motifs is 2. The molecule has 0 aromatic carbocycles. The van der Waals surface area contributed by atoms with E-state index in [1.54, 1.807) is 18.7 Å². The molecule has 0 aliphatic carbocycles. The van der Waals surface area contributed by atoms with E-state index in [4.69, 9.17) is 25.7 Å². The Bertz CT molecular complexity index is 2430. The highest BCUT2D eigenvalue weighted by molar-refractivity contribution is 5.91. The van der Waals surface area contributed by atoms with Crippen LogP contribution in [-0.4, -0.2) is 141 Å². The zero-order chi connectivity index (χ0) is 43.7. The summed E-state index contributed by atoms with van der Waals surface area (Å²) in [4.78, 5) is 16.8. The van der Waals surface area contributed by atoms with Crippen LogP contribution in [0.1, 0.15) is 86.6 Å². The van der Waals surface area contributed by atoms with Crippen molar-refractivity contribution in [1.29, 1.82) is 0 Å². The Labute approximate surface area is 360 Å². The standard InChI is InChI=1S/C40H50N16O7/c41-37-35-27(49-55(39(35)45-23-43-37)33-17-29(59)31(21-57)62-33)11-7-3-1-5-9-25-19-53(51-47-25)13-15-61-16-14-54-20-26(48-52-54)10-6-2-4-8-12-28-36-38(42)44-24-46-40(36)56(50-28)34-18-30(60)32(22-58)63-34/h19-20,23-24,29-34,57-60H,1-6,9-10,13-18,21-22H2,(H2,41,43,45)(H2,42,44,46)/t29-,30-,31+,32+,33+,34+/m0/s1. The van der Waals surface area contributed by atoms with Crippen molar-refractivity contribution in [2.75, 3.05) is 37.9 Å². The zero-order valence-electron chi connectivity index (χ0n) is 34.5. The van der Waals surface area contributed by atoms with Crippen LogP contribution in [0.3, 0.4) is 0 Å². The minimum absolute atomic E-state index is 0.258. The number of nitrogen functional groups attached to an aromatic ring is 2. The highest BCUT2D eigenvalue weighted by Gasteiger charge is 2.37. The number of ether oxygens (including phenoxy) is 3. The van der Waals surface area contributed by atoms with E-state index in [1.165, 1.54) is 12.7 Å². The quantitative estimate of drug-likeness (QED) is 0.0483. The van der Waals surface area contributed by atoms with Gasteiger partial charge in [-0.2, -0.15) is 10.2 Å². The normalized spacial score (nSPS) is 21.0. The van der Waals surface area contributed by atoms with Gasteiger partial charge in [0.25, 0.3) is 0 Å². The second-order valence-electron chi connectivity index (χ2n) is 15.3. The predicted molar refractivity (Wildman–Crippen MR) is 222 cm³/mol. The first-order valence-corrected chi connectivity index (χ1v) is 21.0. The van der Waals surface area contributed by atoms with Gasteiger partial charge in [-0.3, -0.25) is 0 Å². The van der Waals surface area contributed by atoms with Gasteiger partial charge in [0.15, 0.2) is 23.8 Å². The minimum atomic E-state index is -0.815. The maximum atomic E-state index is 10.2. The number of aromatic nitrogens is 14. The summed E-state index contributed by atoms with van der Waals surface area (Å²) in [7, 11) is 0. The number of aliphatic hydroxyl groups is 4. The molecule has 0 radical (unpaired) electrons. The van der Waals surface area contributed by atoms with E-state index in [0.29, 0.717) is 72.6 Å². The van der Waals surface area contributed by atoms with Gasteiger partial charge < -0.3 is 46.1 Å². The lowest BCUT2D eigenvalue weighted by molar-refractivity contribution is -0.0470. The largest absolute Gasteiger partial charge is 0.394 e. The Kier molecular flexibility index (Phi) is 14.0. The third kappa shape index (κ3) is 10.2. The van der Waals surface area contributed by atoms with Crippen molar-refractivity contribution in [2.45, 2.75) is 114 Å². The zero-order valence-corrected chi connectivity index (χ0v) is 34.5. The molecule has 6 atom stereocenters. The van der Waals surface area contributed by atoms with E-state index in [1.807, 2.05) is 12.4 Å². The molecule has 2 aliphatic heterocycles. The molecule has 8 rings (SSSR count). The summed E-state index contributed by atoms with van der Waals surface area (Å²) in [6.45, 7) is 1.52. The third-order valence-electron chi connectivity index (χ3n) is 10.8. The van der Waals surface area contributed by atoms with E-state index in [-0.39, 0.29) is 37.7 Å². The number of nitrogens with two attached hydrogens (primary N) is 2. The maximum Gasteiger partial charge on any atom is 0.167 e. The lowest BCUT2D eigenvalue weighted by Crippen LogP contribution is -2.24. The van der Waals surface area contributed by atoms with E-state index in [9.17, 15) is 20.4 Å². The molecule has 2 aliphatic rings. The van der Waals surface area contributed by atoms with Gasteiger partial charge in [0, 0.05) is 38.1 Å². The van der Waals surface area contributed by atoms with E-state index in [2.05, 4.69) is 74.4 Å². The number of nitrogens with zero attached hydrogens (tertiary/aromatic N) is 14. The fourth-order valence-electron chi connectivity index (χ4n) is 7.50. The summed E-state index contributed by atoms with van der Waals surface area (Å²) >= 11 is 0. The van der Waals surface area contributed by atoms with Crippen LogP contribution >= 0.6 is 0 Å². The van der Waals surface area contributed by atoms with Crippen LogP contribution in [0.2, 0.25) is 0 Å². The fraction of sp³-hybridized carbons (Fsp3) is 0.550. The van der Waals surface area contributed by atoms with Gasteiger partial charge in [0.05, 0.1) is 73.9 Å². The van der Waals surface area contributed by atoms with Crippen molar-refractivity contribution < 1.29 is 34.6 Å². The molecule has 23 nitrogen and oxygen atoms in total. The molecule has 6 aromatic rings. The molecule has 23 heteroatoms. The first-order valence-electron chi connectivity index (χ1n) is 21.0. The maximum absolute atomic E-state index is 10.2. The van der Waals surface area contributed by atoms with Gasteiger partial charge >= 0.3 is 0 Å². The smallest absolute Gasteiger partial charge is 0.167 e. The molecule has 63 heavy (non-hydrogen) atoms. The van der Waals surface area contributed by atoms with E-state index < -0.39 is 36.9 Å². The number of aliphatic hydroxyl groups excluding tert-OH is 4. The topological polar surface area (TPSA) is 309 Å². The Morgan fingerprint density at radius 2 is 1.13 bits per heavy atom. The summed E-state index contributed by atoms with van der Waals surface area (Å²) in [5.74, 6) is 13.1. The second-order valence-corrected chi connectivity index (χ2v) is 15.3. The number of hydrogen-bond acceptors (Lipinski definition) is 19. The van der Waals surface area contributed by atoms with E-state index >= 15 is 0 Å². The Hall–Kier alpha value is -6.18. The van der Waals surface area contributed by atoms with Gasteiger partial charge in [-0.05, 0) is 50.4 Å². The first kappa shape index (κ1) is 43.5. The molecular formula is C40H50N16O7. The molecule has 332 valence electrons. The van der Waals surface area contributed by atoms with Crippen LogP contribution < -0.4 is 11.5 Å². The summed E-state index contributed by atoms with van der Waals surface area (Å²) in [6.07, 6.45) is 9.11. The van der Waals surface area contributed by atoms with Gasteiger partial charge in [0.1, 0.15) is 47.9 Å². The minimum Gasteiger partial charge on any atom is -0.394 e. The van der Waals surface area contributed by atoms with Crippen LogP contribution in [0.25, 0.3) is 22.1 Å². The molecule has 0 spiro atoms.